The molecule has 7 nitrogen and oxygen atoms in total. The van der Waals surface area contributed by atoms with E-state index in [1.807, 2.05) is 0 Å². The fraction of sp³-hybridized carbons (Fsp3) is 0.619. The Bertz CT molecular complexity index is 800. The van der Waals surface area contributed by atoms with Crippen molar-refractivity contribution >= 4 is 11.6 Å². The van der Waals surface area contributed by atoms with Crippen molar-refractivity contribution in [3.63, 3.8) is 0 Å². The van der Waals surface area contributed by atoms with Crippen LogP contribution in [0.15, 0.2) is 24.3 Å². The minimum atomic E-state index is -2.84. The van der Waals surface area contributed by atoms with Gasteiger partial charge in [0, 0.05) is 24.3 Å². The van der Waals surface area contributed by atoms with Crippen LogP contribution in [-0.4, -0.2) is 47.2 Å². The number of carbonyl (C=O) groups excluding carboxylic acids is 1. The number of nitrogens with one attached hydrogen (secondary N) is 3. The number of nitriles is 1. The highest BCUT2D eigenvalue weighted by atomic mass is 19.3. The van der Waals surface area contributed by atoms with E-state index in [1.54, 1.807) is 12.1 Å². The summed E-state index contributed by atoms with van der Waals surface area (Å²) in [4.78, 5) is 12.7. The Hall–Kier alpha value is -2.28. The molecular formula is C21H27F2N5O2. The number of alkyl halides is 2. The van der Waals surface area contributed by atoms with Crippen molar-refractivity contribution in [2.45, 2.75) is 62.9 Å². The second-order valence-electron chi connectivity index (χ2n) is 8.32. The third kappa shape index (κ3) is 4.00. The number of piperidine rings is 1. The molecule has 9 heteroatoms. The van der Waals surface area contributed by atoms with Crippen molar-refractivity contribution in [2.75, 3.05) is 11.9 Å². The van der Waals surface area contributed by atoms with Crippen LogP contribution < -0.4 is 16.1 Å². The number of nitrogens with zero attached hydrogens (tertiary/aromatic N) is 2. The van der Waals surface area contributed by atoms with Crippen molar-refractivity contribution in [1.82, 2.24) is 15.8 Å². The second-order valence-corrected chi connectivity index (χ2v) is 8.32. The summed E-state index contributed by atoms with van der Waals surface area (Å²) < 4.78 is 25.4. The zero-order valence-electron chi connectivity index (χ0n) is 16.6. The van der Waals surface area contributed by atoms with Crippen LogP contribution in [0, 0.1) is 23.2 Å². The SMILES string of the molecule is N#C[C@H]1CCCC[C@@H]1N1NC(Nc2ccc(C(O)C(F)F)cc2)C2C(=O)NCCC21. The molecule has 1 amide bonds. The highest BCUT2D eigenvalue weighted by molar-refractivity contribution is 5.82. The predicted molar refractivity (Wildman–Crippen MR) is 106 cm³/mol. The van der Waals surface area contributed by atoms with Gasteiger partial charge in [0.15, 0.2) is 0 Å². The average molecular weight is 419 g/mol. The Kier molecular flexibility index (Phi) is 6.18. The molecule has 30 heavy (non-hydrogen) atoms. The summed E-state index contributed by atoms with van der Waals surface area (Å²) in [5.74, 6) is -0.426. The van der Waals surface area contributed by atoms with Crippen LogP contribution in [-0.2, 0) is 4.79 Å². The van der Waals surface area contributed by atoms with Crippen LogP contribution in [0.1, 0.15) is 43.8 Å². The number of rotatable bonds is 5. The summed E-state index contributed by atoms with van der Waals surface area (Å²) in [6, 6.07) is 8.66. The number of halogens is 2. The van der Waals surface area contributed by atoms with Gasteiger partial charge < -0.3 is 15.7 Å². The molecule has 0 spiro atoms. The van der Waals surface area contributed by atoms with Crippen molar-refractivity contribution in [3.8, 4) is 6.07 Å². The fourth-order valence-electron chi connectivity index (χ4n) is 5.00. The quantitative estimate of drug-likeness (QED) is 0.584. The van der Waals surface area contributed by atoms with Gasteiger partial charge in [-0.1, -0.05) is 25.0 Å². The van der Waals surface area contributed by atoms with Gasteiger partial charge in [0.25, 0.3) is 6.43 Å². The van der Waals surface area contributed by atoms with E-state index in [1.165, 1.54) is 12.1 Å². The number of amides is 1. The topological polar surface area (TPSA) is 100 Å². The van der Waals surface area contributed by atoms with Crippen LogP contribution in [0.2, 0.25) is 0 Å². The summed E-state index contributed by atoms with van der Waals surface area (Å²) >= 11 is 0. The second kappa shape index (κ2) is 8.84. The molecule has 6 atom stereocenters. The number of hydrazine groups is 1. The first-order valence-electron chi connectivity index (χ1n) is 10.5. The van der Waals surface area contributed by atoms with Gasteiger partial charge in [0.2, 0.25) is 5.91 Å². The number of hydrogen-bond donors (Lipinski definition) is 4. The molecule has 0 bridgehead atoms. The van der Waals surface area contributed by atoms with Crippen molar-refractivity contribution in [2.24, 2.45) is 11.8 Å². The van der Waals surface area contributed by atoms with E-state index in [0.717, 1.165) is 32.1 Å². The third-order valence-electron chi connectivity index (χ3n) is 6.53. The van der Waals surface area contributed by atoms with E-state index < -0.39 is 12.5 Å². The maximum absolute atomic E-state index is 12.7. The van der Waals surface area contributed by atoms with Crippen molar-refractivity contribution < 1.29 is 18.7 Å². The van der Waals surface area contributed by atoms with Crippen LogP contribution >= 0.6 is 0 Å². The number of anilines is 1. The summed E-state index contributed by atoms with van der Waals surface area (Å²) in [5, 5.41) is 27.5. The normalized spacial score (nSPS) is 32.9. The number of aliphatic hydroxyl groups is 1. The lowest BCUT2D eigenvalue weighted by atomic mass is 9.83. The molecule has 3 fully saturated rings. The van der Waals surface area contributed by atoms with Crippen molar-refractivity contribution in [3.05, 3.63) is 29.8 Å². The monoisotopic (exact) mass is 419 g/mol. The summed E-state index contributed by atoms with van der Waals surface area (Å²) in [6.07, 6.45) is -0.326. The van der Waals surface area contributed by atoms with E-state index >= 15 is 0 Å². The lowest BCUT2D eigenvalue weighted by Crippen LogP contribution is -2.54. The largest absolute Gasteiger partial charge is 0.382 e. The van der Waals surface area contributed by atoms with Crippen LogP contribution in [0.4, 0.5) is 14.5 Å². The predicted octanol–water partition coefficient (Wildman–Crippen LogP) is 2.13. The fourth-order valence-corrected chi connectivity index (χ4v) is 5.00. The number of aliphatic hydroxyl groups excluding tert-OH is 1. The molecule has 4 N–H and O–H groups in total. The average Bonchev–Trinajstić information content (AvgIpc) is 3.13. The molecule has 2 heterocycles. The Morgan fingerprint density at radius 2 is 1.90 bits per heavy atom. The molecule has 162 valence electrons. The highest BCUT2D eigenvalue weighted by Gasteiger charge is 2.51. The molecular weight excluding hydrogens is 392 g/mol. The molecule has 4 unspecified atom stereocenters. The van der Waals surface area contributed by atoms with Gasteiger partial charge in [-0.05, 0) is 37.0 Å². The molecule has 4 rings (SSSR count). The van der Waals surface area contributed by atoms with Crippen LogP contribution in [0.25, 0.3) is 0 Å². The lowest BCUT2D eigenvalue weighted by molar-refractivity contribution is -0.128. The molecule has 1 aromatic carbocycles. The van der Waals surface area contributed by atoms with Crippen molar-refractivity contribution in [1.29, 1.82) is 5.26 Å². The smallest absolute Gasteiger partial charge is 0.268 e. The van der Waals surface area contributed by atoms with E-state index in [9.17, 15) is 23.9 Å². The number of benzene rings is 1. The molecule has 1 aliphatic carbocycles. The molecule has 1 aromatic rings. The lowest BCUT2D eigenvalue weighted by Gasteiger charge is -2.39. The minimum Gasteiger partial charge on any atom is -0.382 e. The van der Waals surface area contributed by atoms with E-state index in [2.05, 4.69) is 27.1 Å². The first kappa shape index (κ1) is 21.0. The first-order chi connectivity index (χ1) is 14.5. The van der Waals surface area contributed by atoms with Crippen LogP contribution in [0.5, 0.6) is 0 Å². The molecule has 2 saturated heterocycles. The molecule has 2 aliphatic heterocycles. The Balaban J connectivity index is 1.52. The Morgan fingerprint density at radius 3 is 2.60 bits per heavy atom. The number of fused-ring (bicyclic) bond motifs is 1. The van der Waals surface area contributed by atoms with Gasteiger partial charge in [-0.25, -0.2) is 19.2 Å². The van der Waals surface area contributed by atoms with Gasteiger partial charge in [-0.15, -0.1) is 0 Å². The van der Waals surface area contributed by atoms with E-state index in [0.29, 0.717) is 12.2 Å². The van der Waals surface area contributed by atoms with E-state index in [4.69, 9.17) is 0 Å². The molecule has 1 saturated carbocycles. The van der Waals surface area contributed by atoms with Gasteiger partial charge in [0.1, 0.15) is 12.3 Å². The Morgan fingerprint density at radius 1 is 1.17 bits per heavy atom. The number of carbonyl (C=O) groups is 1. The first-order valence-corrected chi connectivity index (χ1v) is 10.5. The maximum atomic E-state index is 12.7. The number of hydrogen-bond acceptors (Lipinski definition) is 6. The summed E-state index contributed by atoms with van der Waals surface area (Å²) in [6.45, 7) is 0.606. The van der Waals surface area contributed by atoms with E-state index in [-0.39, 0.29) is 41.6 Å². The van der Waals surface area contributed by atoms with Gasteiger partial charge >= 0.3 is 0 Å². The maximum Gasteiger partial charge on any atom is 0.268 e. The zero-order valence-corrected chi connectivity index (χ0v) is 16.6. The van der Waals surface area contributed by atoms with Gasteiger partial charge in [0.05, 0.1) is 17.9 Å². The van der Waals surface area contributed by atoms with Gasteiger partial charge in [-0.2, -0.15) is 5.26 Å². The molecule has 0 aromatic heterocycles. The third-order valence-corrected chi connectivity index (χ3v) is 6.53. The zero-order chi connectivity index (χ0) is 21.3. The molecule has 0 radical (unpaired) electrons. The van der Waals surface area contributed by atoms with Gasteiger partial charge in [-0.3, -0.25) is 4.79 Å². The summed E-state index contributed by atoms with van der Waals surface area (Å²) in [7, 11) is 0. The standard InChI is InChI=1S/C21H27F2N5O2/c22-19(23)18(29)12-5-7-14(8-6-12)26-20-17-16(9-10-25-21(17)30)28(27-20)15-4-2-1-3-13(15)11-24/h5-8,13,15-20,26-27,29H,1-4,9-10H2,(H,25,30)/t13-,15+,16?,17?,18?,20?/m1/s1. The van der Waals surface area contributed by atoms with Crippen LogP contribution in [0.3, 0.4) is 0 Å². The highest BCUT2D eigenvalue weighted by Crippen LogP contribution is 2.36. The summed E-state index contributed by atoms with van der Waals surface area (Å²) in [5.41, 5.74) is 4.25. The minimum absolute atomic E-state index is 0.00451. The Labute approximate surface area is 174 Å². The molecule has 3 aliphatic rings.